The van der Waals surface area contributed by atoms with E-state index in [0.717, 1.165) is 6.42 Å². The first-order valence-electron chi connectivity index (χ1n) is 8.95. The quantitative estimate of drug-likeness (QED) is 0.695. The molecule has 0 amide bonds. The van der Waals surface area contributed by atoms with E-state index in [9.17, 15) is 13.2 Å². The maximum atomic E-state index is 12.9. The molecule has 0 N–H and O–H groups in total. The van der Waals surface area contributed by atoms with Crippen molar-refractivity contribution < 1.29 is 22.5 Å². The molecule has 1 aromatic carbocycles. The first-order valence-corrected chi connectivity index (χ1v) is 10.4. The van der Waals surface area contributed by atoms with Gasteiger partial charge in [0.05, 0.1) is 4.90 Å². The highest BCUT2D eigenvalue weighted by Gasteiger charge is 2.38. The molecule has 0 saturated carbocycles. The number of benzene rings is 1. The number of nitrogens with zero attached hydrogens (tertiary/aromatic N) is 3. The first-order chi connectivity index (χ1) is 12.9. The molecule has 1 atom stereocenters. The van der Waals surface area contributed by atoms with Crippen LogP contribution in [0.5, 0.6) is 0 Å². The van der Waals surface area contributed by atoms with Crippen LogP contribution in [-0.2, 0) is 26.2 Å². The monoisotopic (exact) mass is 393 g/mol. The van der Waals surface area contributed by atoms with Gasteiger partial charge in [0, 0.05) is 12.5 Å². The van der Waals surface area contributed by atoms with Crippen molar-refractivity contribution in [3.63, 3.8) is 0 Å². The summed E-state index contributed by atoms with van der Waals surface area (Å²) in [6.07, 6.45) is 1.89. The Morgan fingerprint density at radius 1 is 1.30 bits per heavy atom. The first kappa shape index (κ1) is 19.5. The smallest absolute Gasteiger partial charge is 0.324 e. The Bertz CT molecular complexity index is 879. The molecule has 3 rings (SSSR count). The van der Waals surface area contributed by atoms with Crippen LogP contribution >= 0.6 is 0 Å². The predicted octanol–water partition coefficient (Wildman–Crippen LogP) is 2.48. The van der Waals surface area contributed by atoms with Gasteiger partial charge in [-0.25, -0.2) is 8.42 Å². The van der Waals surface area contributed by atoms with Gasteiger partial charge in [-0.3, -0.25) is 4.79 Å². The molecule has 8 nitrogen and oxygen atoms in total. The number of esters is 1. The molecule has 1 saturated heterocycles. The second-order valence-corrected chi connectivity index (χ2v) is 8.64. The van der Waals surface area contributed by atoms with Crippen LogP contribution in [0.3, 0.4) is 0 Å². The van der Waals surface area contributed by atoms with Crippen LogP contribution in [0, 0.1) is 0 Å². The SMILES string of the molecule is CC(C)c1noc(COC(=O)C2CCCCN2S(=O)(=O)c2ccccc2)n1. The van der Waals surface area contributed by atoms with E-state index in [0.29, 0.717) is 18.7 Å². The van der Waals surface area contributed by atoms with Gasteiger partial charge >= 0.3 is 5.97 Å². The summed E-state index contributed by atoms with van der Waals surface area (Å²) in [5.74, 6) is 0.230. The maximum Gasteiger partial charge on any atom is 0.324 e. The Hall–Kier alpha value is -2.26. The highest BCUT2D eigenvalue weighted by molar-refractivity contribution is 7.89. The zero-order valence-corrected chi connectivity index (χ0v) is 16.2. The van der Waals surface area contributed by atoms with Crippen molar-refractivity contribution in [2.75, 3.05) is 6.54 Å². The lowest BCUT2D eigenvalue weighted by Gasteiger charge is -2.32. The molecule has 1 aliphatic rings. The average Bonchev–Trinajstić information content (AvgIpc) is 3.16. The molecule has 1 aliphatic heterocycles. The summed E-state index contributed by atoms with van der Waals surface area (Å²) >= 11 is 0. The largest absolute Gasteiger partial charge is 0.454 e. The minimum atomic E-state index is -3.77. The molecule has 1 unspecified atom stereocenters. The predicted molar refractivity (Wildman–Crippen MR) is 96.2 cm³/mol. The number of carbonyl (C=O) groups excluding carboxylic acids is 1. The normalized spacial score (nSPS) is 18.6. The Balaban J connectivity index is 1.71. The van der Waals surface area contributed by atoms with Crippen LogP contribution in [0.25, 0.3) is 0 Å². The Labute approximate surface area is 158 Å². The van der Waals surface area contributed by atoms with E-state index in [1.807, 2.05) is 13.8 Å². The number of rotatable bonds is 6. The molecule has 0 aliphatic carbocycles. The van der Waals surface area contributed by atoms with Gasteiger partial charge in [-0.15, -0.1) is 0 Å². The summed E-state index contributed by atoms with van der Waals surface area (Å²) < 4.78 is 37.4. The zero-order chi connectivity index (χ0) is 19.4. The zero-order valence-electron chi connectivity index (χ0n) is 15.4. The molecule has 0 radical (unpaired) electrons. The van der Waals surface area contributed by atoms with Gasteiger partial charge in [0.1, 0.15) is 6.04 Å². The molecule has 2 aromatic rings. The fourth-order valence-corrected chi connectivity index (χ4v) is 4.61. The number of piperidine rings is 1. The van der Waals surface area contributed by atoms with Crippen LogP contribution in [0.2, 0.25) is 0 Å². The molecular formula is C18H23N3O5S. The van der Waals surface area contributed by atoms with Gasteiger partial charge in [0.2, 0.25) is 10.0 Å². The summed E-state index contributed by atoms with van der Waals surface area (Å²) in [7, 11) is -3.77. The van der Waals surface area contributed by atoms with Crippen LogP contribution in [0.15, 0.2) is 39.8 Å². The third-order valence-electron chi connectivity index (χ3n) is 4.41. The second kappa shape index (κ2) is 8.18. The van der Waals surface area contributed by atoms with Gasteiger partial charge in [-0.05, 0) is 31.4 Å². The maximum absolute atomic E-state index is 12.9. The second-order valence-electron chi connectivity index (χ2n) is 6.75. The lowest BCUT2D eigenvalue weighted by Crippen LogP contribution is -2.48. The fourth-order valence-electron chi connectivity index (χ4n) is 2.95. The van der Waals surface area contributed by atoms with E-state index in [1.54, 1.807) is 18.2 Å². The summed E-state index contributed by atoms with van der Waals surface area (Å²) in [4.78, 5) is 16.9. The molecule has 0 bridgehead atoms. The number of carbonyl (C=O) groups is 1. The van der Waals surface area contributed by atoms with Gasteiger partial charge < -0.3 is 9.26 Å². The van der Waals surface area contributed by atoms with Crippen molar-refractivity contribution in [3.8, 4) is 0 Å². The Morgan fingerprint density at radius 3 is 2.70 bits per heavy atom. The molecule has 9 heteroatoms. The molecule has 1 fully saturated rings. The van der Waals surface area contributed by atoms with Crippen LogP contribution < -0.4 is 0 Å². The van der Waals surface area contributed by atoms with Crippen molar-refractivity contribution in [2.24, 2.45) is 0 Å². The topological polar surface area (TPSA) is 103 Å². The fraction of sp³-hybridized carbons (Fsp3) is 0.500. The van der Waals surface area contributed by atoms with E-state index in [-0.39, 0.29) is 29.9 Å². The lowest BCUT2D eigenvalue weighted by molar-refractivity contribution is -0.151. The van der Waals surface area contributed by atoms with Crippen molar-refractivity contribution in [1.29, 1.82) is 0 Å². The summed E-state index contributed by atoms with van der Waals surface area (Å²) in [6.45, 7) is 3.97. The third kappa shape index (κ3) is 4.36. The minimum absolute atomic E-state index is 0.100. The third-order valence-corrected chi connectivity index (χ3v) is 6.34. The van der Waals surface area contributed by atoms with E-state index < -0.39 is 22.0 Å². The van der Waals surface area contributed by atoms with Crippen molar-refractivity contribution in [3.05, 3.63) is 42.0 Å². The average molecular weight is 393 g/mol. The minimum Gasteiger partial charge on any atom is -0.454 e. The standard InChI is InChI=1S/C18H23N3O5S/c1-13(2)17-19-16(26-20-17)12-25-18(22)15-10-6-7-11-21(15)27(23,24)14-8-4-3-5-9-14/h3-5,8-9,13,15H,6-7,10-12H2,1-2H3. The van der Waals surface area contributed by atoms with E-state index in [4.69, 9.17) is 9.26 Å². The van der Waals surface area contributed by atoms with Gasteiger partial charge in [-0.2, -0.15) is 9.29 Å². The lowest BCUT2D eigenvalue weighted by atomic mass is 10.1. The van der Waals surface area contributed by atoms with E-state index in [1.165, 1.54) is 16.4 Å². The Morgan fingerprint density at radius 2 is 2.04 bits per heavy atom. The van der Waals surface area contributed by atoms with Crippen LogP contribution in [0.1, 0.15) is 50.7 Å². The van der Waals surface area contributed by atoms with Crippen molar-refractivity contribution >= 4 is 16.0 Å². The summed E-state index contributed by atoms with van der Waals surface area (Å²) in [5, 5.41) is 3.82. The van der Waals surface area contributed by atoms with E-state index >= 15 is 0 Å². The number of hydrogen-bond acceptors (Lipinski definition) is 7. The van der Waals surface area contributed by atoms with Crippen LogP contribution in [0.4, 0.5) is 0 Å². The number of sulfonamides is 1. The number of aromatic nitrogens is 2. The molecule has 0 spiro atoms. The summed E-state index contributed by atoms with van der Waals surface area (Å²) in [6, 6.07) is 7.27. The van der Waals surface area contributed by atoms with Gasteiger partial charge in [-0.1, -0.05) is 37.2 Å². The highest BCUT2D eigenvalue weighted by Crippen LogP contribution is 2.26. The molecule has 27 heavy (non-hydrogen) atoms. The molecule has 2 heterocycles. The molecule has 146 valence electrons. The number of hydrogen-bond donors (Lipinski definition) is 0. The van der Waals surface area contributed by atoms with Crippen LogP contribution in [-0.4, -0.2) is 41.4 Å². The summed E-state index contributed by atoms with van der Waals surface area (Å²) in [5.41, 5.74) is 0. The van der Waals surface area contributed by atoms with E-state index in [2.05, 4.69) is 10.1 Å². The molecule has 1 aromatic heterocycles. The highest BCUT2D eigenvalue weighted by atomic mass is 32.2. The van der Waals surface area contributed by atoms with Crippen molar-refractivity contribution in [1.82, 2.24) is 14.4 Å². The van der Waals surface area contributed by atoms with Gasteiger partial charge in [0.15, 0.2) is 12.4 Å². The van der Waals surface area contributed by atoms with Gasteiger partial charge in [0.25, 0.3) is 5.89 Å². The Kier molecular flexibility index (Phi) is 5.91. The van der Waals surface area contributed by atoms with Crippen molar-refractivity contribution in [2.45, 2.75) is 56.6 Å². The molecular weight excluding hydrogens is 370 g/mol. The number of ether oxygens (including phenoxy) is 1.